The number of carboxylic acid groups (broad SMARTS) is 4. The van der Waals surface area contributed by atoms with E-state index in [4.69, 9.17) is 35.4 Å². The van der Waals surface area contributed by atoms with E-state index < -0.39 is 23.9 Å². The van der Waals surface area contributed by atoms with Gasteiger partial charge in [0.2, 0.25) is 0 Å². The predicted molar refractivity (Wildman–Crippen MR) is 379 cm³/mol. The van der Waals surface area contributed by atoms with Crippen LogP contribution in [0.25, 0.3) is 16.7 Å². The molecule has 6 aliphatic heterocycles. The molecular formula is C80H102N8O8+4. The lowest BCUT2D eigenvalue weighted by molar-refractivity contribution is -0.697. The van der Waals surface area contributed by atoms with Crippen molar-refractivity contribution in [1.29, 1.82) is 0 Å². The number of fused-ring (bicyclic) bond motifs is 5. The zero-order valence-corrected chi connectivity index (χ0v) is 56.4. The summed E-state index contributed by atoms with van der Waals surface area (Å²) in [5.74, 6) is -2.87. The van der Waals surface area contributed by atoms with Crippen LogP contribution in [0.5, 0.6) is 0 Å². The second kappa shape index (κ2) is 38.7. The van der Waals surface area contributed by atoms with E-state index in [1.165, 1.54) is 0 Å². The molecule has 3 aromatic heterocycles. The lowest BCUT2D eigenvalue weighted by atomic mass is 9.97. The van der Waals surface area contributed by atoms with Crippen LogP contribution in [0.2, 0.25) is 0 Å². The number of aliphatic carboxylic acids is 4. The Hall–Kier alpha value is -8.76. The lowest BCUT2D eigenvalue weighted by Gasteiger charge is -2.20. The number of aromatic nitrogens is 3. The topological polar surface area (TPSA) is 218 Å². The molecule has 0 spiro atoms. The molecule has 0 saturated carbocycles. The quantitative estimate of drug-likeness (QED) is 0.0268. The molecule has 9 heterocycles. The third kappa shape index (κ3) is 22.7. The summed E-state index contributed by atoms with van der Waals surface area (Å²) in [4.78, 5) is 63.0. The molecule has 8 bridgehead atoms. The van der Waals surface area contributed by atoms with Crippen molar-refractivity contribution < 1.29 is 58.6 Å². The van der Waals surface area contributed by atoms with E-state index in [1.54, 1.807) is 0 Å². The van der Waals surface area contributed by atoms with E-state index in [2.05, 4.69) is 171 Å². The second-order valence-corrected chi connectivity index (χ2v) is 26.3. The lowest BCUT2D eigenvalue weighted by Crippen LogP contribution is -2.78. The number of hydrogen-bond acceptors (Lipinski definition) is 8. The van der Waals surface area contributed by atoms with Crippen molar-refractivity contribution >= 4 is 57.7 Å². The van der Waals surface area contributed by atoms with Crippen LogP contribution in [0.1, 0.15) is 222 Å². The van der Waals surface area contributed by atoms with Crippen molar-refractivity contribution in [3.8, 4) is 0 Å². The number of carboxylic acids is 4. The Morgan fingerprint density at radius 2 is 0.615 bits per heavy atom. The van der Waals surface area contributed by atoms with Crippen LogP contribution in [0.15, 0.2) is 201 Å². The molecule has 96 heavy (non-hydrogen) atoms. The van der Waals surface area contributed by atoms with E-state index >= 15 is 0 Å². The van der Waals surface area contributed by atoms with Crippen LogP contribution in [-0.4, -0.2) is 72.9 Å². The standard InChI is InChI=1S/C80H98N8O8/c89-73(90)29-21-13-5-1-9-17-25-49-85-53-41-61(42-54-85)77-65-33-35-67(81-65)78(62-43-55-86(56-44-62)50-26-18-10-2-6-14-22-30-74(91)92)69-37-39-71(83-69)80(64-47-59-88(60-48-64)52-28-20-12-4-8-16-24-32-76(95)96)72-40-38-70(84-72)79(68-36-34-66(77)82-68)63-45-57-87(58-46-63)51-27-19-11-3-7-15-23-31-75(93)94/h33-48,53-60H,1-32,49-52H2,(H2-3,81,82,83,84,89,90,91,92,93,94,95,96)/p+4. The Kier molecular flexibility index (Phi) is 28.8. The third-order valence-corrected chi connectivity index (χ3v) is 18.7. The summed E-state index contributed by atoms with van der Waals surface area (Å²) >= 11 is 0. The largest absolute Gasteiger partial charge is 0.481 e. The molecule has 9 rings (SSSR count). The van der Waals surface area contributed by atoms with Gasteiger partial charge in [0.1, 0.15) is 31.0 Å². The van der Waals surface area contributed by atoms with Crippen LogP contribution in [0, 0.1) is 0 Å². The van der Waals surface area contributed by atoms with Crippen molar-refractivity contribution in [1.82, 2.24) is 4.90 Å². The molecule has 6 N–H and O–H groups in total. The molecule has 0 aromatic carbocycles. The fraction of sp³-hybridized carbons (Fsp3) is 0.450. The smallest absolute Gasteiger partial charge is 0.303 e. The third-order valence-electron chi connectivity index (χ3n) is 18.7. The number of aliphatic imine (C=N–C) groups is 3. The van der Waals surface area contributed by atoms with Gasteiger partial charge in [-0.15, -0.1) is 0 Å². The fourth-order valence-corrected chi connectivity index (χ4v) is 13.4. The van der Waals surface area contributed by atoms with Crippen molar-refractivity contribution in [3.63, 3.8) is 0 Å². The van der Waals surface area contributed by atoms with Gasteiger partial charge in [-0.05, 0) is 111 Å². The highest BCUT2D eigenvalue weighted by atomic mass is 16.4. The molecule has 0 aliphatic carbocycles. The molecule has 0 fully saturated rings. The van der Waals surface area contributed by atoms with E-state index in [0.29, 0.717) is 0 Å². The Balaban J connectivity index is 1.03. The van der Waals surface area contributed by atoms with Gasteiger partial charge in [0.25, 0.3) is 0 Å². The van der Waals surface area contributed by atoms with E-state index in [0.717, 1.165) is 296 Å². The number of pyridine rings is 3. The molecule has 3 aromatic rings. The fourth-order valence-electron chi connectivity index (χ4n) is 13.4. The van der Waals surface area contributed by atoms with Gasteiger partial charge >= 0.3 is 23.9 Å². The highest BCUT2D eigenvalue weighted by Crippen LogP contribution is 2.38. The van der Waals surface area contributed by atoms with Crippen LogP contribution >= 0.6 is 0 Å². The first kappa shape index (κ1) is 71.5. The molecule has 0 saturated heterocycles. The minimum Gasteiger partial charge on any atom is -0.481 e. The van der Waals surface area contributed by atoms with E-state index in [9.17, 15) is 19.2 Å². The van der Waals surface area contributed by atoms with Crippen molar-refractivity contribution in [2.45, 2.75) is 225 Å². The summed E-state index contributed by atoms with van der Waals surface area (Å²) in [6.45, 7) is 3.60. The molecule has 0 unspecified atom stereocenters. The maximum atomic E-state index is 11.0. The zero-order valence-electron chi connectivity index (χ0n) is 56.4. The number of rotatable bonds is 43. The second-order valence-electron chi connectivity index (χ2n) is 26.3. The van der Waals surface area contributed by atoms with Gasteiger partial charge in [-0.3, -0.25) is 24.5 Å². The van der Waals surface area contributed by atoms with Gasteiger partial charge in [-0.2, -0.15) is 0 Å². The highest BCUT2D eigenvalue weighted by molar-refractivity contribution is 6.36. The van der Waals surface area contributed by atoms with E-state index in [1.807, 2.05) is 0 Å². The zero-order chi connectivity index (χ0) is 67.1. The predicted octanol–water partition coefficient (Wildman–Crippen LogP) is 14.9. The van der Waals surface area contributed by atoms with Crippen LogP contribution in [0.4, 0.5) is 0 Å². The van der Waals surface area contributed by atoms with Gasteiger partial charge in [0.05, 0.1) is 45.4 Å². The summed E-state index contributed by atoms with van der Waals surface area (Å²) in [5.41, 5.74) is 15.2. The van der Waals surface area contributed by atoms with Crippen LogP contribution in [-0.2, 0) is 38.8 Å². The summed E-state index contributed by atoms with van der Waals surface area (Å²) in [6, 6.07) is 13.3. The number of allylic oxidation sites excluding steroid dienone is 15. The maximum absolute atomic E-state index is 11.0. The number of unbranched alkanes of at least 4 members (excludes halogenated alkanes) is 24. The number of quaternary nitrogens is 1. The first-order valence-electron chi connectivity index (χ1n) is 36.0. The number of carbonyl (C=O) groups is 4. The normalized spacial score (nSPS) is 15.5. The summed E-state index contributed by atoms with van der Waals surface area (Å²) in [7, 11) is 0. The maximum Gasteiger partial charge on any atom is 0.303 e. The summed E-state index contributed by atoms with van der Waals surface area (Å²) in [5, 5.41) is 38.4. The Morgan fingerprint density at radius 3 is 0.948 bits per heavy atom. The highest BCUT2D eigenvalue weighted by Gasteiger charge is 2.32. The van der Waals surface area contributed by atoms with Gasteiger partial charge in [0, 0.05) is 135 Å². The molecule has 0 amide bonds. The molecule has 0 radical (unpaired) electrons. The van der Waals surface area contributed by atoms with Crippen molar-refractivity contribution in [2.75, 3.05) is 6.54 Å². The molecule has 6 aliphatic rings. The van der Waals surface area contributed by atoms with Gasteiger partial charge < -0.3 is 25.3 Å². The number of nitrogens with zero attached hydrogens (tertiary/aromatic N) is 7. The Labute approximate surface area is 568 Å². The molecular weight excluding hydrogens is 1200 g/mol. The number of nitrogens with two attached hydrogens (primary N) is 1. The van der Waals surface area contributed by atoms with E-state index in [-0.39, 0.29) is 25.7 Å². The molecule has 16 heteroatoms. The monoisotopic (exact) mass is 1300 g/mol. The average Bonchev–Trinajstić information content (AvgIpc) is 1.61. The van der Waals surface area contributed by atoms with Crippen LogP contribution in [0.3, 0.4) is 0 Å². The average molecular weight is 1300 g/mol. The first-order valence-corrected chi connectivity index (χ1v) is 36.0. The first-order chi connectivity index (χ1) is 46.9. The summed E-state index contributed by atoms with van der Waals surface area (Å²) < 4.78 is 6.80. The minimum absolute atomic E-state index is 0.248. The molecule has 0 atom stereocenters. The minimum atomic E-state index is -0.718. The Morgan fingerprint density at radius 1 is 0.333 bits per heavy atom. The SMILES string of the molecule is O=C(O)CCCCCCCCCN1C=CC(=C2C3=NC(=C(c4cc[n+](CCCCCCCCCC(=O)O)cc4)C4=CC=C([NH2+]4)C(c4cc[n+](CCCCCCCCCC(=O)O)cc4)=C4C=CC(=N4)C(c4cc[n+](CCCCCCCCCC(=O)O)cc4)=C4C=CC2=N4)C=C3)C=C1. The molecule has 16 nitrogen and oxygen atoms in total. The van der Waals surface area contributed by atoms with Gasteiger partial charge in [-0.25, -0.2) is 28.7 Å². The van der Waals surface area contributed by atoms with Gasteiger partial charge in [-0.1, -0.05) is 109 Å². The number of hydrogen-bond donors (Lipinski definition) is 5. The summed E-state index contributed by atoms with van der Waals surface area (Å²) in [6.07, 6.45) is 69.0. The van der Waals surface area contributed by atoms with Crippen molar-refractivity contribution in [2.24, 2.45) is 15.0 Å². The van der Waals surface area contributed by atoms with Gasteiger partial charge in [0.15, 0.2) is 37.2 Å². The Bertz CT molecular complexity index is 3630. The number of aryl methyl sites for hydroxylation is 3. The van der Waals surface area contributed by atoms with Crippen LogP contribution < -0.4 is 19.0 Å². The molecule has 506 valence electrons. The van der Waals surface area contributed by atoms with Crippen molar-refractivity contribution in [3.05, 3.63) is 203 Å².